The lowest BCUT2D eigenvalue weighted by molar-refractivity contribution is 0.142. The van der Waals surface area contributed by atoms with Crippen LogP contribution in [0.25, 0.3) is 0 Å². The Kier molecular flexibility index (Phi) is 4.13. The van der Waals surface area contributed by atoms with Gasteiger partial charge in [0.15, 0.2) is 0 Å². The zero-order chi connectivity index (χ0) is 14.7. The van der Waals surface area contributed by atoms with E-state index in [1.165, 1.54) is 17.7 Å². The fourth-order valence-electron chi connectivity index (χ4n) is 2.96. The Morgan fingerprint density at radius 3 is 2.48 bits per heavy atom. The van der Waals surface area contributed by atoms with E-state index < -0.39 is 6.09 Å². The normalized spacial score (nSPS) is 19.8. The van der Waals surface area contributed by atoms with Crippen LogP contribution in [0.3, 0.4) is 0 Å². The predicted octanol–water partition coefficient (Wildman–Crippen LogP) is 2.20. The molecule has 21 heavy (non-hydrogen) atoms. The lowest BCUT2D eigenvalue weighted by Gasteiger charge is -2.34. The second kappa shape index (κ2) is 6.20. The van der Waals surface area contributed by atoms with Gasteiger partial charge < -0.3 is 19.6 Å². The van der Waals surface area contributed by atoms with E-state index in [9.17, 15) is 4.79 Å². The molecule has 114 valence electrons. The van der Waals surface area contributed by atoms with Gasteiger partial charge in [0.2, 0.25) is 5.88 Å². The number of carbonyl (C=O) groups is 1. The summed E-state index contributed by atoms with van der Waals surface area (Å²) < 4.78 is 5.85. The maximum atomic E-state index is 10.9. The van der Waals surface area contributed by atoms with Crippen LogP contribution in [0.5, 0.6) is 5.88 Å². The van der Waals surface area contributed by atoms with Gasteiger partial charge in [-0.1, -0.05) is 0 Å². The topological polar surface area (TPSA) is 65.9 Å². The minimum Gasteiger partial charge on any atom is -0.474 e. The summed E-state index contributed by atoms with van der Waals surface area (Å²) in [5.41, 5.74) is 1.03. The van der Waals surface area contributed by atoms with Crippen molar-refractivity contribution in [1.82, 2.24) is 9.88 Å². The highest BCUT2D eigenvalue weighted by Crippen LogP contribution is 2.24. The number of hydrogen-bond donors (Lipinski definition) is 1. The van der Waals surface area contributed by atoms with E-state index in [1.807, 2.05) is 18.3 Å². The smallest absolute Gasteiger partial charge is 0.407 e. The highest BCUT2D eigenvalue weighted by Gasteiger charge is 2.21. The second-order valence-corrected chi connectivity index (χ2v) is 5.64. The average molecular weight is 291 g/mol. The van der Waals surface area contributed by atoms with Gasteiger partial charge in [0, 0.05) is 32.2 Å². The Morgan fingerprint density at radius 1 is 1.19 bits per heavy atom. The molecule has 1 aliphatic heterocycles. The molecule has 1 saturated carbocycles. The molecule has 1 saturated heterocycles. The Balaban J connectivity index is 1.55. The molecule has 1 amide bonds. The first kappa shape index (κ1) is 14.0. The third kappa shape index (κ3) is 3.37. The van der Waals surface area contributed by atoms with Crippen molar-refractivity contribution >= 4 is 11.8 Å². The molecule has 0 radical (unpaired) electrons. The van der Waals surface area contributed by atoms with Crippen LogP contribution in [0.1, 0.15) is 25.7 Å². The van der Waals surface area contributed by atoms with E-state index in [0.29, 0.717) is 38.2 Å². The number of pyridine rings is 1. The Morgan fingerprint density at radius 2 is 1.90 bits per heavy atom. The third-order valence-corrected chi connectivity index (χ3v) is 4.23. The lowest BCUT2D eigenvalue weighted by atomic mass is 10.3. The number of hydrogen-bond acceptors (Lipinski definition) is 4. The molecule has 6 heteroatoms. The second-order valence-electron chi connectivity index (χ2n) is 5.64. The molecule has 2 aliphatic rings. The van der Waals surface area contributed by atoms with E-state index in [2.05, 4.69) is 9.88 Å². The maximum Gasteiger partial charge on any atom is 0.407 e. The van der Waals surface area contributed by atoms with Crippen molar-refractivity contribution in [3.63, 3.8) is 0 Å². The van der Waals surface area contributed by atoms with Crippen LogP contribution in [-0.2, 0) is 0 Å². The molecule has 0 spiro atoms. The number of carboxylic acid groups (broad SMARTS) is 1. The number of amides is 1. The quantitative estimate of drug-likeness (QED) is 0.925. The summed E-state index contributed by atoms with van der Waals surface area (Å²) in [7, 11) is 0. The number of piperazine rings is 1. The largest absolute Gasteiger partial charge is 0.474 e. The molecule has 1 aromatic rings. The van der Waals surface area contributed by atoms with Gasteiger partial charge in [-0.3, -0.25) is 0 Å². The highest BCUT2D eigenvalue weighted by molar-refractivity contribution is 5.65. The summed E-state index contributed by atoms with van der Waals surface area (Å²) >= 11 is 0. The van der Waals surface area contributed by atoms with Crippen LogP contribution < -0.4 is 9.64 Å². The summed E-state index contributed by atoms with van der Waals surface area (Å²) in [6.07, 6.45) is 6.05. The van der Waals surface area contributed by atoms with Crippen LogP contribution >= 0.6 is 0 Å². The fraction of sp³-hybridized carbons (Fsp3) is 0.600. The molecule has 0 atom stereocenters. The van der Waals surface area contributed by atoms with Crippen molar-refractivity contribution in [2.24, 2.45) is 0 Å². The van der Waals surface area contributed by atoms with Crippen LogP contribution in [0.2, 0.25) is 0 Å². The van der Waals surface area contributed by atoms with Crippen LogP contribution in [-0.4, -0.2) is 53.4 Å². The molecule has 1 aromatic heterocycles. The van der Waals surface area contributed by atoms with Gasteiger partial charge in [0.05, 0.1) is 11.9 Å². The standard InChI is InChI=1S/C15H21N3O3/c19-15(20)18-9-7-17(8-10-18)12-5-6-14(16-11-12)21-13-3-1-2-4-13/h5-6,11,13H,1-4,7-10H2,(H,19,20). The van der Waals surface area contributed by atoms with Crippen LogP contribution in [0, 0.1) is 0 Å². The molecule has 1 aliphatic carbocycles. The first-order valence-corrected chi connectivity index (χ1v) is 7.58. The number of anilines is 1. The fourth-order valence-corrected chi connectivity index (χ4v) is 2.96. The maximum absolute atomic E-state index is 10.9. The minimum absolute atomic E-state index is 0.322. The van der Waals surface area contributed by atoms with Gasteiger partial charge in [-0.25, -0.2) is 9.78 Å². The van der Waals surface area contributed by atoms with E-state index in [4.69, 9.17) is 9.84 Å². The molecular formula is C15H21N3O3. The molecule has 0 bridgehead atoms. The van der Waals surface area contributed by atoms with Crippen molar-refractivity contribution in [3.8, 4) is 5.88 Å². The molecule has 3 rings (SSSR count). The molecule has 0 aromatic carbocycles. The summed E-state index contributed by atoms with van der Waals surface area (Å²) in [6.45, 7) is 2.49. The van der Waals surface area contributed by atoms with Gasteiger partial charge in [0.25, 0.3) is 0 Å². The molecule has 2 fully saturated rings. The van der Waals surface area contributed by atoms with E-state index in [0.717, 1.165) is 18.5 Å². The van der Waals surface area contributed by atoms with Crippen molar-refractivity contribution in [3.05, 3.63) is 18.3 Å². The van der Waals surface area contributed by atoms with Gasteiger partial charge in [-0.2, -0.15) is 0 Å². The van der Waals surface area contributed by atoms with Crippen LogP contribution in [0.15, 0.2) is 18.3 Å². The zero-order valence-electron chi connectivity index (χ0n) is 12.1. The first-order chi connectivity index (χ1) is 10.2. The minimum atomic E-state index is -0.840. The van der Waals surface area contributed by atoms with Crippen molar-refractivity contribution in [1.29, 1.82) is 0 Å². The third-order valence-electron chi connectivity index (χ3n) is 4.23. The lowest BCUT2D eigenvalue weighted by Crippen LogP contribution is -2.48. The van der Waals surface area contributed by atoms with Crippen molar-refractivity contribution in [2.75, 3.05) is 31.1 Å². The summed E-state index contributed by atoms with van der Waals surface area (Å²) in [6, 6.07) is 3.92. The van der Waals surface area contributed by atoms with Gasteiger partial charge >= 0.3 is 6.09 Å². The Bertz CT molecular complexity index is 477. The average Bonchev–Trinajstić information content (AvgIpc) is 3.01. The van der Waals surface area contributed by atoms with Gasteiger partial charge in [-0.05, 0) is 31.7 Å². The van der Waals surface area contributed by atoms with Gasteiger partial charge in [-0.15, -0.1) is 0 Å². The molecule has 6 nitrogen and oxygen atoms in total. The number of aromatic nitrogens is 1. The highest BCUT2D eigenvalue weighted by atomic mass is 16.5. The predicted molar refractivity (Wildman–Crippen MR) is 78.9 cm³/mol. The molecule has 1 N–H and O–H groups in total. The van der Waals surface area contributed by atoms with Gasteiger partial charge in [0.1, 0.15) is 6.10 Å². The first-order valence-electron chi connectivity index (χ1n) is 7.58. The Hall–Kier alpha value is -1.98. The summed E-state index contributed by atoms with van der Waals surface area (Å²) in [5.74, 6) is 0.690. The van der Waals surface area contributed by atoms with E-state index in [1.54, 1.807) is 0 Å². The molecule has 0 unspecified atom stereocenters. The number of nitrogens with zero attached hydrogens (tertiary/aromatic N) is 3. The number of rotatable bonds is 3. The Labute approximate surface area is 124 Å². The molecule has 2 heterocycles. The van der Waals surface area contributed by atoms with E-state index >= 15 is 0 Å². The van der Waals surface area contributed by atoms with E-state index in [-0.39, 0.29) is 0 Å². The van der Waals surface area contributed by atoms with Crippen molar-refractivity contribution in [2.45, 2.75) is 31.8 Å². The monoisotopic (exact) mass is 291 g/mol. The van der Waals surface area contributed by atoms with Crippen LogP contribution in [0.4, 0.5) is 10.5 Å². The van der Waals surface area contributed by atoms with Crippen molar-refractivity contribution < 1.29 is 14.6 Å². The number of ether oxygens (including phenoxy) is 1. The summed E-state index contributed by atoms with van der Waals surface area (Å²) in [5, 5.41) is 8.95. The SMILES string of the molecule is O=C(O)N1CCN(c2ccc(OC3CCCC3)nc2)CC1. The summed E-state index contributed by atoms with van der Waals surface area (Å²) in [4.78, 5) is 18.9. The molecular weight excluding hydrogens is 270 g/mol. The zero-order valence-corrected chi connectivity index (χ0v) is 12.1.